The Morgan fingerprint density at radius 1 is 1.21 bits per heavy atom. The molecule has 1 aromatic carbocycles. The molecule has 4 rings (SSSR count). The number of ether oxygens (including phenoxy) is 1. The summed E-state index contributed by atoms with van der Waals surface area (Å²) in [7, 11) is 0. The van der Waals surface area contributed by atoms with Crippen LogP contribution in [0.5, 0.6) is 0 Å². The Morgan fingerprint density at radius 3 is 2.75 bits per heavy atom. The number of hydrogen-bond acceptors (Lipinski definition) is 4. The van der Waals surface area contributed by atoms with Gasteiger partial charge in [0.05, 0.1) is 17.9 Å². The summed E-state index contributed by atoms with van der Waals surface area (Å²) in [5.41, 5.74) is 5.48. The monoisotopic (exact) mass is 377 g/mol. The topological polar surface area (TPSA) is 72.7 Å². The van der Waals surface area contributed by atoms with Gasteiger partial charge in [0.2, 0.25) is 5.91 Å². The molecule has 2 heterocycles. The molecule has 1 atom stereocenters. The van der Waals surface area contributed by atoms with Crippen molar-refractivity contribution in [3.05, 3.63) is 65.1 Å². The first-order valence-corrected chi connectivity index (χ1v) is 9.59. The Kier molecular flexibility index (Phi) is 4.86. The number of benzene rings is 1. The van der Waals surface area contributed by atoms with E-state index >= 15 is 0 Å². The molecule has 3 aromatic rings. The molecule has 0 saturated heterocycles. The molecule has 6 nitrogen and oxygen atoms in total. The average molecular weight is 377 g/mol. The van der Waals surface area contributed by atoms with Crippen molar-refractivity contribution in [3.63, 3.8) is 0 Å². The summed E-state index contributed by atoms with van der Waals surface area (Å²) in [5.74, 6) is -0.460. The van der Waals surface area contributed by atoms with Gasteiger partial charge >= 0.3 is 5.97 Å². The molecule has 0 spiro atoms. The summed E-state index contributed by atoms with van der Waals surface area (Å²) >= 11 is 0. The Bertz CT molecular complexity index is 1040. The van der Waals surface area contributed by atoms with E-state index in [1.165, 1.54) is 5.56 Å². The van der Waals surface area contributed by atoms with Crippen molar-refractivity contribution in [1.82, 2.24) is 9.38 Å². The second kappa shape index (κ2) is 7.46. The Morgan fingerprint density at radius 2 is 2.00 bits per heavy atom. The number of fused-ring (bicyclic) bond motifs is 3. The van der Waals surface area contributed by atoms with Crippen molar-refractivity contribution in [2.24, 2.45) is 5.92 Å². The molecule has 1 aliphatic rings. The average Bonchev–Trinajstić information content (AvgIpc) is 3.05. The highest BCUT2D eigenvalue weighted by Gasteiger charge is 2.28. The van der Waals surface area contributed by atoms with Crippen LogP contribution in [0.2, 0.25) is 0 Å². The smallest absolute Gasteiger partial charge is 0.338 e. The lowest BCUT2D eigenvalue weighted by Crippen LogP contribution is -2.28. The molecule has 0 radical (unpaired) electrons. The molecule has 1 aliphatic carbocycles. The number of anilines is 1. The second-order valence-electron chi connectivity index (χ2n) is 7.17. The molecule has 1 N–H and O–H groups in total. The number of hydrogen-bond donors (Lipinski definition) is 1. The van der Waals surface area contributed by atoms with Crippen LogP contribution in [-0.4, -0.2) is 27.9 Å². The molecular weight excluding hydrogens is 354 g/mol. The first kappa shape index (κ1) is 18.2. The number of amides is 1. The predicted molar refractivity (Wildman–Crippen MR) is 106 cm³/mol. The van der Waals surface area contributed by atoms with Gasteiger partial charge in [-0.2, -0.15) is 0 Å². The molecule has 1 unspecified atom stereocenters. The lowest BCUT2D eigenvalue weighted by molar-refractivity contribution is -0.120. The summed E-state index contributed by atoms with van der Waals surface area (Å²) in [6.07, 6.45) is 4.33. The number of esters is 1. The minimum absolute atomic E-state index is 0.00265. The third-order valence-electron chi connectivity index (χ3n) is 5.15. The van der Waals surface area contributed by atoms with Crippen molar-refractivity contribution in [1.29, 1.82) is 0 Å². The minimum atomic E-state index is -0.358. The Hall–Kier alpha value is -3.15. The second-order valence-corrected chi connectivity index (χ2v) is 7.17. The van der Waals surface area contributed by atoms with Crippen molar-refractivity contribution < 1.29 is 14.3 Å². The summed E-state index contributed by atoms with van der Waals surface area (Å²) in [5, 5.41) is 2.97. The van der Waals surface area contributed by atoms with E-state index in [9.17, 15) is 9.59 Å². The van der Waals surface area contributed by atoms with Gasteiger partial charge in [-0.05, 0) is 62.6 Å². The SMILES string of the molecule is CCOC(=O)c1ccc(NC(=O)C2CCc3nc4ccc(C)cn4c3C2)cc1. The first-order valence-electron chi connectivity index (χ1n) is 9.59. The zero-order chi connectivity index (χ0) is 19.7. The fourth-order valence-electron chi connectivity index (χ4n) is 3.68. The number of aryl methyl sites for hydroxylation is 2. The molecule has 0 aliphatic heterocycles. The van der Waals surface area contributed by atoms with E-state index < -0.39 is 0 Å². The van der Waals surface area contributed by atoms with Gasteiger partial charge in [0, 0.05) is 29.9 Å². The number of carbonyl (C=O) groups is 2. The van der Waals surface area contributed by atoms with E-state index in [0.717, 1.165) is 29.9 Å². The van der Waals surface area contributed by atoms with E-state index in [-0.39, 0.29) is 17.8 Å². The fraction of sp³-hybridized carbons (Fsp3) is 0.318. The van der Waals surface area contributed by atoms with Gasteiger partial charge < -0.3 is 14.5 Å². The van der Waals surface area contributed by atoms with Gasteiger partial charge in [-0.1, -0.05) is 6.07 Å². The summed E-state index contributed by atoms with van der Waals surface area (Å²) in [4.78, 5) is 29.2. The lowest BCUT2D eigenvalue weighted by Gasteiger charge is -2.21. The van der Waals surface area contributed by atoms with E-state index in [2.05, 4.69) is 28.9 Å². The molecule has 0 saturated carbocycles. The number of nitrogens with one attached hydrogen (secondary N) is 1. The van der Waals surface area contributed by atoms with Gasteiger partial charge in [-0.3, -0.25) is 4.79 Å². The van der Waals surface area contributed by atoms with Crippen LogP contribution in [0, 0.1) is 12.8 Å². The van der Waals surface area contributed by atoms with Crippen molar-refractivity contribution >= 4 is 23.2 Å². The van der Waals surface area contributed by atoms with E-state index in [1.807, 2.05) is 6.07 Å². The van der Waals surface area contributed by atoms with Crippen LogP contribution in [0.15, 0.2) is 42.6 Å². The summed E-state index contributed by atoms with van der Waals surface area (Å²) in [6, 6.07) is 10.9. The van der Waals surface area contributed by atoms with Crippen LogP contribution in [0.1, 0.15) is 40.7 Å². The van der Waals surface area contributed by atoms with Crippen LogP contribution in [0.4, 0.5) is 5.69 Å². The maximum Gasteiger partial charge on any atom is 0.338 e. The highest BCUT2D eigenvalue weighted by molar-refractivity contribution is 5.94. The normalized spacial score (nSPS) is 15.9. The quantitative estimate of drug-likeness (QED) is 0.706. The highest BCUT2D eigenvalue weighted by atomic mass is 16.5. The molecule has 1 amide bonds. The molecule has 144 valence electrons. The van der Waals surface area contributed by atoms with Crippen LogP contribution >= 0.6 is 0 Å². The van der Waals surface area contributed by atoms with Gasteiger partial charge in [-0.25, -0.2) is 9.78 Å². The molecule has 2 aromatic heterocycles. The number of carbonyl (C=O) groups excluding carboxylic acids is 2. The molecule has 28 heavy (non-hydrogen) atoms. The third-order valence-corrected chi connectivity index (χ3v) is 5.15. The number of nitrogens with zero attached hydrogens (tertiary/aromatic N) is 2. The Labute approximate surface area is 163 Å². The van der Waals surface area contributed by atoms with Gasteiger partial charge in [-0.15, -0.1) is 0 Å². The van der Waals surface area contributed by atoms with E-state index in [4.69, 9.17) is 9.72 Å². The molecule has 6 heteroatoms. The number of aromatic nitrogens is 2. The standard InChI is InChI=1S/C22H23N3O3/c1-3-28-22(27)15-5-8-17(9-6-15)23-21(26)16-7-10-18-19(12-16)25-13-14(2)4-11-20(25)24-18/h4-6,8-9,11,13,16H,3,7,10,12H2,1-2H3,(H,23,26). The molecular formula is C22H23N3O3. The first-order chi connectivity index (χ1) is 13.5. The largest absolute Gasteiger partial charge is 0.462 e. The van der Waals surface area contributed by atoms with Gasteiger partial charge in [0.1, 0.15) is 5.65 Å². The van der Waals surface area contributed by atoms with Gasteiger partial charge in [0.25, 0.3) is 0 Å². The third kappa shape index (κ3) is 3.50. The van der Waals surface area contributed by atoms with Crippen molar-refractivity contribution in [2.45, 2.75) is 33.1 Å². The maximum atomic E-state index is 12.8. The van der Waals surface area contributed by atoms with Gasteiger partial charge in [0.15, 0.2) is 0 Å². The lowest BCUT2D eigenvalue weighted by atomic mass is 9.89. The number of pyridine rings is 1. The van der Waals surface area contributed by atoms with E-state index in [0.29, 0.717) is 24.3 Å². The number of rotatable bonds is 4. The molecule has 0 fully saturated rings. The number of imidazole rings is 1. The summed E-state index contributed by atoms with van der Waals surface area (Å²) < 4.78 is 7.09. The minimum Gasteiger partial charge on any atom is -0.462 e. The maximum absolute atomic E-state index is 12.8. The predicted octanol–water partition coefficient (Wildman–Crippen LogP) is 3.56. The fourth-order valence-corrected chi connectivity index (χ4v) is 3.68. The van der Waals surface area contributed by atoms with Crippen LogP contribution < -0.4 is 5.32 Å². The van der Waals surface area contributed by atoms with Crippen LogP contribution in [-0.2, 0) is 22.4 Å². The zero-order valence-corrected chi connectivity index (χ0v) is 16.1. The summed E-state index contributed by atoms with van der Waals surface area (Å²) in [6.45, 7) is 4.16. The van der Waals surface area contributed by atoms with Crippen LogP contribution in [0.3, 0.4) is 0 Å². The Balaban J connectivity index is 1.47. The molecule has 0 bridgehead atoms. The van der Waals surface area contributed by atoms with E-state index in [1.54, 1.807) is 31.2 Å². The van der Waals surface area contributed by atoms with Crippen LogP contribution in [0.25, 0.3) is 5.65 Å². The zero-order valence-electron chi connectivity index (χ0n) is 16.1. The highest BCUT2D eigenvalue weighted by Crippen LogP contribution is 2.27. The van der Waals surface area contributed by atoms with Crippen molar-refractivity contribution in [2.75, 3.05) is 11.9 Å². The van der Waals surface area contributed by atoms with Crippen molar-refractivity contribution in [3.8, 4) is 0 Å².